The SMILES string of the molecule is Cc1ccc(N=C=Nc2ccc(C)c(NC(=O)N3CCCCCC3=O)c2)cc1NC(=O)N1CCCCCC1=O. The van der Waals surface area contributed by atoms with Gasteiger partial charge in [-0.25, -0.2) is 9.59 Å². The van der Waals surface area contributed by atoms with E-state index in [4.69, 9.17) is 0 Å². The van der Waals surface area contributed by atoms with Gasteiger partial charge in [-0.2, -0.15) is 9.98 Å². The smallest absolute Gasteiger partial charge is 0.307 e. The third kappa shape index (κ3) is 7.39. The van der Waals surface area contributed by atoms with Gasteiger partial charge >= 0.3 is 12.1 Å². The van der Waals surface area contributed by atoms with E-state index in [1.165, 1.54) is 9.80 Å². The van der Waals surface area contributed by atoms with Crippen LogP contribution in [0.1, 0.15) is 62.5 Å². The van der Waals surface area contributed by atoms with Crippen LogP contribution in [0.2, 0.25) is 0 Å². The van der Waals surface area contributed by atoms with Crippen LogP contribution in [0.5, 0.6) is 0 Å². The zero-order valence-electron chi connectivity index (χ0n) is 22.5. The molecule has 0 aliphatic carbocycles. The monoisotopic (exact) mass is 530 g/mol. The number of nitrogens with zero attached hydrogens (tertiary/aromatic N) is 4. The van der Waals surface area contributed by atoms with Gasteiger partial charge in [-0.05, 0) is 74.9 Å². The number of imide groups is 2. The molecule has 2 aliphatic heterocycles. The number of amides is 6. The van der Waals surface area contributed by atoms with Crippen molar-refractivity contribution in [3.05, 3.63) is 47.5 Å². The van der Waals surface area contributed by atoms with Crippen molar-refractivity contribution in [2.75, 3.05) is 23.7 Å². The highest BCUT2D eigenvalue weighted by atomic mass is 16.2. The van der Waals surface area contributed by atoms with Crippen LogP contribution in [0.4, 0.5) is 32.3 Å². The predicted octanol–water partition coefficient (Wildman–Crippen LogP) is 6.31. The molecule has 39 heavy (non-hydrogen) atoms. The van der Waals surface area contributed by atoms with Gasteiger partial charge in [-0.15, -0.1) is 0 Å². The van der Waals surface area contributed by atoms with Crippen molar-refractivity contribution in [1.82, 2.24) is 9.80 Å². The Morgan fingerprint density at radius 3 is 1.56 bits per heavy atom. The van der Waals surface area contributed by atoms with Crippen LogP contribution in [-0.2, 0) is 9.59 Å². The molecule has 2 N–H and O–H groups in total. The third-order valence-electron chi connectivity index (χ3n) is 6.92. The summed E-state index contributed by atoms with van der Waals surface area (Å²) in [7, 11) is 0. The van der Waals surface area contributed by atoms with Crippen molar-refractivity contribution in [2.45, 2.75) is 65.2 Å². The van der Waals surface area contributed by atoms with Gasteiger partial charge in [0.1, 0.15) is 6.01 Å². The Morgan fingerprint density at radius 2 is 1.13 bits per heavy atom. The first-order valence-electron chi connectivity index (χ1n) is 13.4. The van der Waals surface area contributed by atoms with Crippen LogP contribution in [0.15, 0.2) is 46.4 Å². The molecule has 10 nitrogen and oxygen atoms in total. The fourth-order valence-electron chi connectivity index (χ4n) is 4.53. The van der Waals surface area contributed by atoms with Crippen LogP contribution in [0.3, 0.4) is 0 Å². The minimum Gasteiger partial charge on any atom is -0.307 e. The molecule has 2 heterocycles. The van der Waals surface area contributed by atoms with Gasteiger partial charge in [-0.3, -0.25) is 19.4 Å². The average molecular weight is 531 g/mol. The third-order valence-corrected chi connectivity index (χ3v) is 6.92. The Labute approximate surface area is 228 Å². The Morgan fingerprint density at radius 1 is 0.692 bits per heavy atom. The van der Waals surface area contributed by atoms with Gasteiger partial charge in [0.15, 0.2) is 0 Å². The van der Waals surface area contributed by atoms with Crippen molar-refractivity contribution in [2.24, 2.45) is 9.98 Å². The average Bonchev–Trinajstić information content (AvgIpc) is 3.27. The van der Waals surface area contributed by atoms with Gasteiger partial charge in [-0.1, -0.05) is 25.0 Å². The lowest BCUT2D eigenvalue weighted by Crippen LogP contribution is -2.39. The minimum absolute atomic E-state index is 0.157. The number of carbonyl (C=O) groups is 4. The number of aryl methyl sites for hydroxylation is 2. The van der Waals surface area contributed by atoms with Crippen molar-refractivity contribution < 1.29 is 19.2 Å². The predicted molar refractivity (Wildman–Crippen MR) is 150 cm³/mol. The zero-order valence-corrected chi connectivity index (χ0v) is 22.5. The molecule has 0 radical (unpaired) electrons. The Hall–Kier alpha value is -4.30. The van der Waals surface area contributed by atoms with Crippen LogP contribution in [0.25, 0.3) is 0 Å². The fourth-order valence-corrected chi connectivity index (χ4v) is 4.53. The second-order valence-corrected chi connectivity index (χ2v) is 9.89. The number of benzene rings is 2. The standard InChI is InChI=1S/C29H34N6O4/c1-20-11-13-22(17-24(20)32-28(38)34-15-7-3-5-9-26(34)36)30-19-31-23-14-12-21(2)25(18-23)33-29(39)35-16-8-4-6-10-27(35)37/h11-14,17-18H,3-10,15-16H2,1-2H3,(H,32,38)(H,33,39). The number of urea groups is 2. The molecule has 0 spiro atoms. The molecule has 0 atom stereocenters. The first-order valence-corrected chi connectivity index (χ1v) is 13.4. The van der Waals surface area contributed by atoms with Gasteiger partial charge in [0.25, 0.3) is 0 Å². The Kier molecular flexibility index (Phi) is 9.22. The molecule has 10 heteroatoms. The summed E-state index contributed by atoms with van der Waals surface area (Å²) in [6, 6.07) is 12.4. The molecule has 2 saturated heterocycles. The van der Waals surface area contributed by atoms with E-state index in [-0.39, 0.29) is 11.8 Å². The van der Waals surface area contributed by atoms with E-state index < -0.39 is 12.1 Å². The van der Waals surface area contributed by atoms with Gasteiger partial charge in [0.05, 0.1) is 11.4 Å². The second-order valence-electron chi connectivity index (χ2n) is 9.89. The molecule has 0 saturated carbocycles. The van der Waals surface area contributed by atoms with Crippen molar-refractivity contribution in [3.8, 4) is 0 Å². The maximum Gasteiger partial charge on any atom is 0.328 e. The van der Waals surface area contributed by atoms with E-state index in [9.17, 15) is 19.2 Å². The molecule has 0 unspecified atom stereocenters. The van der Waals surface area contributed by atoms with Crippen molar-refractivity contribution >= 4 is 52.6 Å². The van der Waals surface area contributed by atoms with Gasteiger partial charge in [0.2, 0.25) is 11.8 Å². The highest BCUT2D eigenvalue weighted by Gasteiger charge is 2.24. The summed E-state index contributed by atoms with van der Waals surface area (Å²) < 4.78 is 0. The summed E-state index contributed by atoms with van der Waals surface area (Å²) in [6.07, 6.45) is 5.85. The second kappa shape index (κ2) is 13.0. The van der Waals surface area contributed by atoms with E-state index in [1.54, 1.807) is 24.3 Å². The van der Waals surface area contributed by atoms with E-state index >= 15 is 0 Å². The minimum atomic E-state index is -0.434. The number of likely N-dealkylation sites (tertiary alicyclic amines) is 2. The molecular weight excluding hydrogens is 496 g/mol. The molecule has 4 rings (SSSR count). The molecule has 0 bridgehead atoms. The summed E-state index contributed by atoms with van der Waals surface area (Å²) in [4.78, 5) is 61.1. The molecule has 2 aromatic rings. The van der Waals surface area contributed by atoms with E-state index in [2.05, 4.69) is 26.6 Å². The number of carbonyl (C=O) groups excluding carboxylic acids is 4. The van der Waals surface area contributed by atoms with Crippen LogP contribution < -0.4 is 10.6 Å². The molecular formula is C29H34N6O4. The lowest BCUT2D eigenvalue weighted by Gasteiger charge is -2.20. The summed E-state index contributed by atoms with van der Waals surface area (Å²) in [5.41, 5.74) is 3.85. The molecule has 2 aliphatic rings. The maximum atomic E-state index is 12.7. The number of rotatable bonds is 4. The van der Waals surface area contributed by atoms with E-state index in [0.717, 1.165) is 49.7 Å². The number of aliphatic imine (C=N–C) groups is 2. The van der Waals surface area contributed by atoms with Crippen LogP contribution in [0, 0.1) is 13.8 Å². The number of nitrogens with one attached hydrogen (secondary N) is 2. The number of hydrogen-bond acceptors (Lipinski definition) is 6. The molecule has 204 valence electrons. The fraction of sp³-hybridized carbons (Fsp3) is 0.414. The normalized spacial score (nSPS) is 16.1. The zero-order chi connectivity index (χ0) is 27.8. The molecule has 6 amide bonds. The lowest BCUT2D eigenvalue weighted by atomic mass is 10.2. The summed E-state index contributed by atoms with van der Waals surface area (Å²) in [5.74, 6) is -0.314. The van der Waals surface area contributed by atoms with Gasteiger partial charge < -0.3 is 10.6 Å². The number of anilines is 2. The first-order chi connectivity index (χ1) is 18.8. The topological polar surface area (TPSA) is 124 Å². The maximum absolute atomic E-state index is 12.7. The Bertz CT molecular complexity index is 1230. The molecule has 2 fully saturated rings. The van der Waals surface area contributed by atoms with Crippen molar-refractivity contribution in [3.63, 3.8) is 0 Å². The largest absolute Gasteiger partial charge is 0.328 e. The summed E-state index contributed by atoms with van der Waals surface area (Å²) in [6.45, 7) is 4.56. The van der Waals surface area contributed by atoms with Crippen molar-refractivity contribution in [1.29, 1.82) is 0 Å². The summed E-state index contributed by atoms with van der Waals surface area (Å²) in [5, 5.41) is 5.66. The lowest BCUT2D eigenvalue weighted by molar-refractivity contribution is -0.128. The van der Waals surface area contributed by atoms with Crippen LogP contribution in [-0.4, -0.2) is 52.8 Å². The Balaban J connectivity index is 1.45. The molecule has 0 aromatic heterocycles. The number of hydrogen-bond donors (Lipinski definition) is 2. The van der Waals surface area contributed by atoms with Gasteiger partial charge in [0, 0.05) is 37.3 Å². The van der Waals surface area contributed by atoms with E-state index in [0.29, 0.717) is 48.7 Å². The highest BCUT2D eigenvalue weighted by Crippen LogP contribution is 2.25. The molecule has 2 aromatic carbocycles. The van der Waals surface area contributed by atoms with E-state index in [1.807, 2.05) is 26.0 Å². The summed E-state index contributed by atoms with van der Waals surface area (Å²) >= 11 is 0. The van der Waals surface area contributed by atoms with Crippen LogP contribution >= 0.6 is 0 Å². The first kappa shape index (κ1) is 27.7. The quantitative estimate of drug-likeness (QED) is 0.450. The highest BCUT2D eigenvalue weighted by molar-refractivity contribution is 6.02.